The van der Waals surface area contributed by atoms with Gasteiger partial charge in [-0.2, -0.15) is 0 Å². The third-order valence-corrected chi connectivity index (χ3v) is 11.0. The van der Waals surface area contributed by atoms with Crippen molar-refractivity contribution in [2.75, 3.05) is 20.2 Å². The van der Waals surface area contributed by atoms with Crippen molar-refractivity contribution in [1.29, 1.82) is 0 Å². The molecule has 4 aliphatic carbocycles. The molecule has 0 amide bonds. The van der Waals surface area contributed by atoms with Crippen LogP contribution in [0.3, 0.4) is 0 Å². The van der Waals surface area contributed by atoms with Crippen molar-refractivity contribution >= 4 is 0 Å². The van der Waals surface area contributed by atoms with Crippen molar-refractivity contribution in [2.45, 2.75) is 89.2 Å². The number of fused-ring (bicyclic) bond motifs is 5. The third kappa shape index (κ3) is 3.18. The zero-order valence-electron chi connectivity index (χ0n) is 20.1. The largest absolute Gasteiger partial charge is 0.431 e. The Hall–Kier alpha value is -1.17. The maximum Gasteiger partial charge on any atom is 0.335 e. The lowest BCUT2D eigenvalue weighted by molar-refractivity contribution is -0.203. The molecule has 0 saturated heterocycles. The van der Waals surface area contributed by atoms with Crippen LogP contribution in [0.25, 0.3) is 0 Å². The molecule has 0 radical (unpaired) electrons. The topological polar surface area (TPSA) is 73.9 Å². The summed E-state index contributed by atoms with van der Waals surface area (Å²) in [6.45, 7) is 5.83. The first-order valence-electron chi connectivity index (χ1n) is 12.8. The molecule has 178 valence electrons. The van der Waals surface area contributed by atoms with E-state index >= 15 is 0 Å². The average molecular weight is 444 g/mol. The van der Waals surface area contributed by atoms with Gasteiger partial charge in [0.1, 0.15) is 0 Å². The molecule has 5 heteroatoms. The van der Waals surface area contributed by atoms with Gasteiger partial charge in [0.25, 0.3) is 0 Å². The molecule has 1 aromatic heterocycles. The number of aliphatic hydroxyl groups is 2. The molecule has 0 spiro atoms. The van der Waals surface area contributed by atoms with Gasteiger partial charge >= 0.3 is 5.63 Å². The smallest absolute Gasteiger partial charge is 0.335 e. The van der Waals surface area contributed by atoms with E-state index in [-0.39, 0.29) is 23.6 Å². The molecule has 1 aromatic rings. The Kier molecular flexibility index (Phi) is 5.62. The van der Waals surface area contributed by atoms with Gasteiger partial charge in [-0.1, -0.05) is 13.8 Å². The fraction of sp³-hybridized carbons (Fsp3) is 0.815. The molecular weight excluding hydrogens is 402 g/mol. The van der Waals surface area contributed by atoms with Crippen molar-refractivity contribution in [2.24, 2.45) is 28.6 Å². The van der Waals surface area contributed by atoms with Gasteiger partial charge in [-0.05, 0) is 106 Å². The summed E-state index contributed by atoms with van der Waals surface area (Å²) in [5.41, 5.74) is 0.301. The second kappa shape index (κ2) is 7.95. The molecule has 2 N–H and O–H groups in total. The molecule has 5 rings (SSSR count). The summed E-state index contributed by atoms with van der Waals surface area (Å²) in [5, 5.41) is 21.7. The maximum atomic E-state index is 12.3. The first-order valence-corrected chi connectivity index (χ1v) is 12.8. The summed E-state index contributed by atoms with van der Waals surface area (Å²) in [5.74, 6) is 1.94. The van der Waals surface area contributed by atoms with E-state index in [4.69, 9.17) is 4.42 Å². The van der Waals surface area contributed by atoms with Gasteiger partial charge in [-0.25, -0.2) is 4.79 Å². The van der Waals surface area contributed by atoms with E-state index in [0.717, 1.165) is 43.7 Å². The van der Waals surface area contributed by atoms with Crippen LogP contribution < -0.4 is 5.63 Å². The standard InChI is InChI=1S/C27H41NO4/c1-25-11-8-20(28(3)14-15-29)16-19(25)5-6-23-22(25)9-12-26(2)21(10-13-27(23,26)31)18-4-7-24(30)32-17-18/h4,7,17,19-23,29,31H,5-6,8-16H2,1-3H3/t19-,20+,21-,22+,23-,25+,26-,27+/m1/s1. The van der Waals surface area contributed by atoms with Gasteiger partial charge in [0.15, 0.2) is 0 Å². The van der Waals surface area contributed by atoms with Gasteiger partial charge in [-0.3, -0.25) is 0 Å². The van der Waals surface area contributed by atoms with Crippen LogP contribution in [0.4, 0.5) is 0 Å². The van der Waals surface area contributed by atoms with E-state index in [1.54, 1.807) is 6.26 Å². The van der Waals surface area contributed by atoms with Crippen molar-refractivity contribution in [3.05, 3.63) is 34.4 Å². The highest BCUT2D eigenvalue weighted by Crippen LogP contribution is 2.70. The van der Waals surface area contributed by atoms with E-state index in [2.05, 4.69) is 25.8 Å². The normalized spacial score (nSPS) is 45.9. The molecule has 32 heavy (non-hydrogen) atoms. The molecule has 8 atom stereocenters. The second-order valence-corrected chi connectivity index (χ2v) is 12.0. The lowest BCUT2D eigenvalue weighted by atomic mass is 9.43. The average Bonchev–Trinajstić information content (AvgIpc) is 3.05. The summed E-state index contributed by atoms with van der Waals surface area (Å²) in [4.78, 5) is 13.8. The monoisotopic (exact) mass is 443 g/mol. The van der Waals surface area contributed by atoms with Crippen LogP contribution in [0.15, 0.2) is 27.6 Å². The summed E-state index contributed by atoms with van der Waals surface area (Å²) in [7, 11) is 2.16. The van der Waals surface area contributed by atoms with Gasteiger partial charge in [0.05, 0.1) is 18.5 Å². The Balaban J connectivity index is 1.39. The SMILES string of the molecule is CN(CCO)[C@H]1CC[C@@]2(C)[C@H](CC[C@@H]3[C@@H]2CC[C@]2(C)[C@@H](c4ccc(=O)oc4)CC[C@]32O)C1. The number of hydrogen-bond donors (Lipinski definition) is 2. The minimum absolute atomic E-state index is 0.157. The highest BCUT2D eigenvalue weighted by molar-refractivity contribution is 5.27. The maximum absolute atomic E-state index is 12.3. The Morgan fingerprint density at radius 1 is 1.06 bits per heavy atom. The number of hydrogen-bond acceptors (Lipinski definition) is 5. The van der Waals surface area contributed by atoms with Crippen molar-refractivity contribution < 1.29 is 14.6 Å². The number of nitrogens with zero attached hydrogens (tertiary/aromatic N) is 1. The summed E-state index contributed by atoms with van der Waals surface area (Å²) in [6.07, 6.45) is 11.7. The van der Waals surface area contributed by atoms with E-state index in [1.807, 2.05) is 6.07 Å². The first-order chi connectivity index (χ1) is 15.2. The molecule has 4 aliphatic rings. The van der Waals surface area contributed by atoms with Crippen LogP contribution in [0.1, 0.15) is 83.1 Å². The van der Waals surface area contributed by atoms with Crippen LogP contribution >= 0.6 is 0 Å². The number of aliphatic hydroxyl groups excluding tert-OH is 1. The number of likely N-dealkylation sites (N-methyl/N-ethyl adjacent to an activating group) is 1. The fourth-order valence-corrected chi connectivity index (χ4v) is 9.04. The minimum Gasteiger partial charge on any atom is -0.431 e. The van der Waals surface area contributed by atoms with Gasteiger partial charge < -0.3 is 19.5 Å². The first kappa shape index (κ1) is 22.6. The zero-order chi connectivity index (χ0) is 22.7. The Morgan fingerprint density at radius 3 is 2.59 bits per heavy atom. The third-order valence-electron chi connectivity index (χ3n) is 11.0. The predicted molar refractivity (Wildman–Crippen MR) is 124 cm³/mol. The molecule has 5 nitrogen and oxygen atoms in total. The zero-order valence-corrected chi connectivity index (χ0v) is 20.1. The molecular formula is C27H41NO4. The summed E-state index contributed by atoms with van der Waals surface area (Å²) >= 11 is 0. The Labute approximate surface area is 192 Å². The highest BCUT2D eigenvalue weighted by Gasteiger charge is 2.67. The fourth-order valence-electron chi connectivity index (χ4n) is 9.04. The molecule has 0 aromatic carbocycles. The van der Waals surface area contributed by atoms with Crippen LogP contribution in [0.5, 0.6) is 0 Å². The van der Waals surface area contributed by atoms with E-state index in [9.17, 15) is 15.0 Å². The van der Waals surface area contributed by atoms with E-state index < -0.39 is 5.60 Å². The van der Waals surface area contributed by atoms with E-state index in [1.165, 1.54) is 38.2 Å². The Morgan fingerprint density at radius 2 is 1.88 bits per heavy atom. The molecule has 0 aliphatic heterocycles. The molecule has 4 fully saturated rings. The summed E-state index contributed by atoms with van der Waals surface area (Å²) < 4.78 is 5.21. The van der Waals surface area contributed by atoms with Crippen LogP contribution in [0, 0.1) is 28.6 Å². The lowest BCUT2D eigenvalue weighted by Gasteiger charge is -2.64. The lowest BCUT2D eigenvalue weighted by Crippen LogP contribution is -2.62. The molecule has 0 unspecified atom stereocenters. The van der Waals surface area contributed by atoms with Gasteiger partial charge in [0, 0.05) is 24.1 Å². The van der Waals surface area contributed by atoms with Crippen molar-refractivity contribution in [1.82, 2.24) is 4.90 Å². The van der Waals surface area contributed by atoms with Crippen LogP contribution in [0.2, 0.25) is 0 Å². The van der Waals surface area contributed by atoms with Crippen LogP contribution in [-0.4, -0.2) is 47.0 Å². The predicted octanol–water partition coefficient (Wildman–Crippen LogP) is 4.17. The minimum atomic E-state index is -0.630. The molecule has 4 saturated carbocycles. The van der Waals surface area contributed by atoms with Crippen LogP contribution in [-0.2, 0) is 0 Å². The second-order valence-electron chi connectivity index (χ2n) is 12.0. The van der Waals surface area contributed by atoms with Gasteiger partial charge in [0.2, 0.25) is 0 Å². The Bertz CT molecular complexity index is 879. The molecule has 1 heterocycles. The highest BCUT2D eigenvalue weighted by atomic mass is 16.4. The van der Waals surface area contributed by atoms with Crippen molar-refractivity contribution in [3.63, 3.8) is 0 Å². The number of rotatable bonds is 4. The van der Waals surface area contributed by atoms with Gasteiger partial charge in [-0.15, -0.1) is 0 Å². The molecule has 0 bridgehead atoms. The summed E-state index contributed by atoms with van der Waals surface area (Å²) in [6, 6.07) is 4.03. The van der Waals surface area contributed by atoms with Crippen molar-refractivity contribution in [3.8, 4) is 0 Å². The van der Waals surface area contributed by atoms with E-state index in [0.29, 0.717) is 23.3 Å². The quantitative estimate of drug-likeness (QED) is 0.730.